The van der Waals surface area contributed by atoms with Crippen LogP contribution in [0.3, 0.4) is 0 Å². The summed E-state index contributed by atoms with van der Waals surface area (Å²) in [4.78, 5) is 35.5. The highest BCUT2D eigenvalue weighted by Crippen LogP contribution is 2.29. The largest absolute Gasteiger partial charge is 0.480 e. The molecule has 0 unspecified atom stereocenters. The van der Waals surface area contributed by atoms with Gasteiger partial charge in [0.2, 0.25) is 5.91 Å². The average Bonchev–Trinajstić information content (AvgIpc) is 3.47. The van der Waals surface area contributed by atoms with Crippen LogP contribution in [0.15, 0.2) is 54.6 Å². The number of aliphatic carboxylic acids is 1. The zero-order valence-electron chi connectivity index (χ0n) is 13.6. The standard InChI is InChI=1S/C20H19NO4/c22-18(14-4-2-1-3-5-14)15-8-6-13(7-9-15)12-17(20(24)25)21-19(23)16-10-11-16/h1-9,16-17H,10-12H2,(H,21,23)(H,24,25)/t17-/m0/s1. The molecule has 2 aromatic carbocycles. The molecule has 2 aromatic rings. The van der Waals surface area contributed by atoms with Gasteiger partial charge in [0.15, 0.2) is 5.78 Å². The third kappa shape index (κ3) is 4.32. The zero-order valence-corrected chi connectivity index (χ0v) is 13.6. The minimum absolute atomic E-state index is 0.0345. The molecule has 1 fully saturated rings. The Labute approximate surface area is 145 Å². The first-order valence-electron chi connectivity index (χ1n) is 8.26. The third-order valence-corrected chi connectivity index (χ3v) is 4.25. The van der Waals surface area contributed by atoms with Crippen molar-refractivity contribution in [1.82, 2.24) is 5.32 Å². The highest BCUT2D eigenvalue weighted by Gasteiger charge is 2.32. The summed E-state index contributed by atoms with van der Waals surface area (Å²) in [7, 11) is 0. The van der Waals surface area contributed by atoms with E-state index in [-0.39, 0.29) is 24.0 Å². The number of benzene rings is 2. The van der Waals surface area contributed by atoms with E-state index in [2.05, 4.69) is 5.32 Å². The maximum Gasteiger partial charge on any atom is 0.326 e. The van der Waals surface area contributed by atoms with Gasteiger partial charge in [0.1, 0.15) is 6.04 Å². The number of rotatable bonds is 7. The lowest BCUT2D eigenvalue weighted by Crippen LogP contribution is -2.43. The molecule has 1 atom stereocenters. The molecule has 1 amide bonds. The predicted octanol–water partition coefficient (Wildman–Crippen LogP) is 2.44. The van der Waals surface area contributed by atoms with Crippen LogP contribution in [0.5, 0.6) is 0 Å². The van der Waals surface area contributed by atoms with Gasteiger partial charge in [0.05, 0.1) is 0 Å². The smallest absolute Gasteiger partial charge is 0.326 e. The van der Waals surface area contributed by atoms with Crippen LogP contribution in [0.1, 0.15) is 34.3 Å². The minimum Gasteiger partial charge on any atom is -0.480 e. The Morgan fingerprint density at radius 2 is 1.56 bits per heavy atom. The summed E-state index contributed by atoms with van der Waals surface area (Å²) in [6, 6.07) is 14.9. The van der Waals surface area contributed by atoms with Crippen molar-refractivity contribution in [3.8, 4) is 0 Å². The predicted molar refractivity (Wildman–Crippen MR) is 92.3 cm³/mol. The Hall–Kier alpha value is -2.95. The second kappa shape index (κ2) is 7.30. The SMILES string of the molecule is O=C(c1ccccc1)c1ccc(C[C@H](NC(=O)C2CC2)C(=O)O)cc1. The summed E-state index contributed by atoms with van der Waals surface area (Å²) < 4.78 is 0. The minimum atomic E-state index is -1.06. The van der Waals surface area contributed by atoms with Crippen molar-refractivity contribution >= 4 is 17.7 Å². The van der Waals surface area contributed by atoms with E-state index >= 15 is 0 Å². The summed E-state index contributed by atoms with van der Waals surface area (Å²) in [5, 5.41) is 11.9. The fourth-order valence-electron chi connectivity index (χ4n) is 2.62. The number of carboxylic acids is 1. The number of carbonyl (C=O) groups is 3. The normalized spacial score (nSPS) is 14.6. The lowest BCUT2D eigenvalue weighted by molar-refractivity contribution is -0.142. The molecule has 1 aliphatic carbocycles. The number of nitrogens with one attached hydrogen (secondary N) is 1. The first-order valence-corrected chi connectivity index (χ1v) is 8.26. The first-order chi connectivity index (χ1) is 12.0. The molecule has 1 saturated carbocycles. The van der Waals surface area contributed by atoms with Crippen LogP contribution in [0.4, 0.5) is 0 Å². The molecular formula is C20H19NO4. The Balaban J connectivity index is 1.67. The molecule has 1 aliphatic rings. The molecule has 25 heavy (non-hydrogen) atoms. The van der Waals surface area contributed by atoms with E-state index in [9.17, 15) is 19.5 Å². The molecule has 0 heterocycles. The van der Waals surface area contributed by atoms with Gasteiger partial charge >= 0.3 is 5.97 Å². The summed E-state index contributed by atoms with van der Waals surface area (Å²) in [6.07, 6.45) is 1.84. The quantitative estimate of drug-likeness (QED) is 0.760. The van der Waals surface area contributed by atoms with Crippen LogP contribution in [0, 0.1) is 5.92 Å². The number of ketones is 1. The molecular weight excluding hydrogens is 318 g/mol. The molecule has 0 spiro atoms. The number of hydrogen-bond donors (Lipinski definition) is 2. The molecule has 0 aromatic heterocycles. The van der Waals surface area contributed by atoms with Gasteiger partial charge in [0, 0.05) is 23.5 Å². The molecule has 0 bridgehead atoms. The van der Waals surface area contributed by atoms with Crippen molar-refractivity contribution in [2.24, 2.45) is 5.92 Å². The molecule has 2 N–H and O–H groups in total. The fourth-order valence-corrected chi connectivity index (χ4v) is 2.62. The lowest BCUT2D eigenvalue weighted by atomic mass is 9.99. The number of amides is 1. The maximum atomic E-state index is 12.4. The highest BCUT2D eigenvalue weighted by molar-refractivity contribution is 6.08. The second-order valence-electron chi connectivity index (χ2n) is 6.27. The Kier molecular flexibility index (Phi) is 4.93. The molecule has 5 heteroatoms. The number of carboxylic acid groups (broad SMARTS) is 1. The zero-order chi connectivity index (χ0) is 17.8. The van der Waals surface area contributed by atoms with Gasteiger partial charge in [0.25, 0.3) is 0 Å². The Morgan fingerprint density at radius 3 is 2.12 bits per heavy atom. The van der Waals surface area contributed by atoms with E-state index in [0.29, 0.717) is 11.1 Å². The summed E-state index contributed by atoms with van der Waals surface area (Å²) in [5.74, 6) is -1.36. The van der Waals surface area contributed by atoms with Gasteiger partial charge in [-0.1, -0.05) is 54.6 Å². The van der Waals surface area contributed by atoms with Crippen LogP contribution in [-0.4, -0.2) is 28.8 Å². The monoisotopic (exact) mass is 337 g/mol. The molecule has 5 nitrogen and oxygen atoms in total. The van der Waals surface area contributed by atoms with E-state index in [1.54, 1.807) is 36.4 Å². The van der Waals surface area contributed by atoms with Gasteiger partial charge in [-0.25, -0.2) is 4.79 Å². The molecule has 0 saturated heterocycles. The first kappa shape index (κ1) is 16.9. The molecule has 128 valence electrons. The highest BCUT2D eigenvalue weighted by atomic mass is 16.4. The van der Waals surface area contributed by atoms with Gasteiger partial charge < -0.3 is 10.4 Å². The Morgan fingerprint density at radius 1 is 0.960 bits per heavy atom. The summed E-state index contributed by atoms with van der Waals surface area (Å²) in [5.41, 5.74) is 1.91. The van der Waals surface area contributed by atoms with Gasteiger partial charge in [-0.15, -0.1) is 0 Å². The van der Waals surface area contributed by atoms with Crippen LogP contribution in [0.2, 0.25) is 0 Å². The van der Waals surface area contributed by atoms with Crippen LogP contribution in [-0.2, 0) is 16.0 Å². The van der Waals surface area contributed by atoms with Crippen LogP contribution >= 0.6 is 0 Å². The number of hydrogen-bond acceptors (Lipinski definition) is 3. The van der Waals surface area contributed by atoms with E-state index in [4.69, 9.17) is 0 Å². The lowest BCUT2D eigenvalue weighted by Gasteiger charge is -2.14. The van der Waals surface area contributed by atoms with Crippen molar-refractivity contribution in [2.75, 3.05) is 0 Å². The number of carbonyl (C=O) groups excluding carboxylic acids is 2. The fraction of sp³-hybridized carbons (Fsp3) is 0.250. The summed E-state index contributed by atoms with van der Waals surface area (Å²) in [6.45, 7) is 0. The van der Waals surface area contributed by atoms with Crippen molar-refractivity contribution in [3.63, 3.8) is 0 Å². The van der Waals surface area contributed by atoms with E-state index in [1.165, 1.54) is 0 Å². The molecule has 0 radical (unpaired) electrons. The van der Waals surface area contributed by atoms with Gasteiger partial charge in [-0.3, -0.25) is 9.59 Å². The topological polar surface area (TPSA) is 83.5 Å². The summed E-state index contributed by atoms with van der Waals surface area (Å²) >= 11 is 0. The van der Waals surface area contributed by atoms with E-state index in [1.807, 2.05) is 18.2 Å². The van der Waals surface area contributed by atoms with E-state index in [0.717, 1.165) is 18.4 Å². The van der Waals surface area contributed by atoms with Crippen LogP contribution in [0.25, 0.3) is 0 Å². The van der Waals surface area contributed by atoms with E-state index < -0.39 is 12.0 Å². The van der Waals surface area contributed by atoms with Crippen molar-refractivity contribution in [3.05, 3.63) is 71.3 Å². The average molecular weight is 337 g/mol. The van der Waals surface area contributed by atoms with Crippen molar-refractivity contribution in [1.29, 1.82) is 0 Å². The second-order valence-corrected chi connectivity index (χ2v) is 6.27. The van der Waals surface area contributed by atoms with Gasteiger partial charge in [-0.2, -0.15) is 0 Å². The van der Waals surface area contributed by atoms with Gasteiger partial charge in [-0.05, 0) is 18.4 Å². The van der Waals surface area contributed by atoms with Crippen LogP contribution < -0.4 is 5.32 Å². The van der Waals surface area contributed by atoms with Crippen molar-refractivity contribution in [2.45, 2.75) is 25.3 Å². The Bertz CT molecular complexity index is 779. The van der Waals surface area contributed by atoms with Crippen molar-refractivity contribution < 1.29 is 19.5 Å². The third-order valence-electron chi connectivity index (χ3n) is 4.25. The maximum absolute atomic E-state index is 12.4. The molecule has 3 rings (SSSR count). The molecule has 0 aliphatic heterocycles.